The number of ether oxygens (including phenoxy) is 1. The molecule has 7 heteroatoms. The second-order valence-corrected chi connectivity index (χ2v) is 6.64. The summed E-state index contributed by atoms with van der Waals surface area (Å²) in [5.41, 5.74) is 3.75. The molecule has 1 amide bonds. The number of benzene rings is 2. The molecule has 0 radical (unpaired) electrons. The Morgan fingerprint density at radius 1 is 1.07 bits per heavy atom. The lowest BCUT2D eigenvalue weighted by molar-refractivity contribution is -0.119. The van der Waals surface area contributed by atoms with E-state index in [0.717, 1.165) is 16.9 Å². The lowest BCUT2D eigenvalue weighted by atomic mass is 10.2. The van der Waals surface area contributed by atoms with Gasteiger partial charge < -0.3 is 15.4 Å². The number of nitrogens with one attached hydrogen (secondary N) is 2. The van der Waals surface area contributed by atoms with Crippen LogP contribution in [-0.2, 0) is 9.53 Å². The van der Waals surface area contributed by atoms with Crippen LogP contribution < -0.4 is 10.6 Å². The summed E-state index contributed by atoms with van der Waals surface area (Å²) in [5, 5.41) is 15.3. The molecule has 7 nitrogen and oxygen atoms in total. The van der Waals surface area contributed by atoms with Gasteiger partial charge in [0.05, 0.1) is 11.1 Å². The number of carbonyl (C=O) groups is 2. The minimum absolute atomic E-state index is 0.338. The van der Waals surface area contributed by atoms with Crippen molar-refractivity contribution in [3.8, 4) is 11.8 Å². The number of nitrogens with zero attached hydrogens (tertiary/aromatic N) is 2. The fourth-order valence-electron chi connectivity index (χ4n) is 3.22. The first kappa shape index (κ1) is 20.7. The molecule has 0 unspecified atom stereocenters. The maximum absolute atomic E-state index is 12.5. The lowest BCUT2D eigenvalue weighted by Crippen LogP contribution is -2.23. The molecular formula is C23H22N4O3. The zero-order valence-electron chi connectivity index (χ0n) is 17.0. The number of anilines is 2. The molecule has 3 rings (SSSR count). The molecule has 0 bridgehead atoms. The van der Waals surface area contributed by atoms with Gasteiger partial charge in [-0.2, -0.15) is 5.26 Å². The summed E-state index contributed by atoms with van der Waals surface area (Å²) in [7, 11) is 1.70. The molecule has 2 aromatic carbocycles. The molecule has 0 aliphatic carbocycles. The van der Waals surface area contributed by atoms with Gasteiger partial charge in [-0.25, -0.2) is 4.79 Å². The van der Waals surface area contributed by atoms with Gasteiger partial charge in [0.1, 0.15) is 11.9 Å². The number of hydrogen-bond donors (Lipinski definition) is 2. The summed E-state index contributed by atoms with van der Waals surface area (Å²) in [5.74, 6) is -0.784. The summed E-state index contributed by atoms with van der Waals surface area (Å²) < 4.78 is 6.99. The predicted molar refractivity (Wildman–Crippen MR) is 115 cm³/mol. The summed E-state index contributed by atoms with van der Waals surface area (Å²) >= 11 is 0. The topological polar surface area (TPSA) is 96.2 Å². The van der Waals surface area contributed by atoms with E-state index in [1.54, 1.807) is 31.3 Å². The number of carbonyl (C=O) groups excluding carboxylic acids is 2. The number of esters is 1. The number of aromatic nitrogens is 1. The van der Waals surface area contributed by atoms with Crippen molar-refractivity contribution in [2.45, 2.75) is 13.8 Å². The Morgan fingerprint density at radius 3 is 2.40 bits per heavy atom. The molecule has 0 saturated carbocycles. The van der Waals surface area contributed by atoms with E-state index in [1.807, 2.05) is 48.7 Å². The van der Waals surface area contributed by atoms with Crippen molar-refractivity contribution in [1.82, 2.24) is 4.57 Å². The Morgan fingerprint density at radius 2 is 1.73 bits per heavy atom. The van der Waals surface area contributed by atoms with Crippen LogP contribution in [0.5, 0.6) is 0 Å². The van der Waals surface area contributed by atoms with Gasteiger partial charge in [-0.05, 0) is 43.7 Å². The van der Waals surface area contributed by atoms with Gasteiger partial charge >= 0.3 is 5.97 Å². The lowest BCUT2D eigenvalue weighted by Gasteiger charge is -2.13. The van der Waals surface area contributed by atoms with Gasteiger partial charge in [0.2, 0.25) is 0 Å². The van der Waals surface area contributed by atoms with Crippen LogP contribution in [-0.4, -0.2) is 30.1 Å². The van der Waals surface area contributed by atoms with Gasteiger partial charge in [0.15, 0.2) is 6.61 Å². The number of nitriles is 1. The molecule has 1 heterocycles. The SMILES string of the molecule is CNc1ccccc1C(=O)OCC(=O)Nc1c(C#N)c(C)c(C)n1-c1ccccc1. The highest BCUT2D eigenvalue weighted by atomic mass is 16.5. The predicted octanol–water partition coefficient (Wildman–Crippen LogP) is 3.80. The molecule has 152 valence electrons. The van der Waals surface area contributed by atoms with E-state index in [0.29, 0.717) is 22.6 Å². The van der Waals surface area contributed by atoms with Crippen LogP contribution >= 0.6 is 0 Å². The van der Waals surface area contributed by atoms with E-state index in [4.69, 9.17) is 4.74 Å². The summed E-state index contributed by atoms with van der Waals surface area (Å²) in [6, 6.07) is 18.4. The highest BCUT2D eigenvalue weighted by Crippen LogP contribution is 2.29. The van der Waals surface area contributed by atoms with Crippen LogP contribution in [0.1, 0.15) is 27.2 Å². The minimum Gasteiger partial charge on any atom is -0.452 e. The highest BCUT2D eigenvalue weighted by molar-refractivity contribution is 5.99. The summed E-state index contributed by atoms with van der Waals surface area (Å²) in [4.78, 5) is 24.9. The van der Waals surface area contributed by atoms with Crippen molar-refractivity contribution < 1.29 is 14.3 Å². The van der Waals surface area contributed by atoms with Gasteiger partial charge in [0, 0.05) is 24.1 Å². The fraction of sp³-hybridized carbons (Fsp3) is 0.174. The monoisotopic (exact) mass is 402 g/mol. The minimum atomic E-state index is -0.610. The van der Waals surface area contributed by atoms with Gasteiger partial charge in [0.25, 0.3) is 5.91 Å². The van der Waals surface area contributed by atoms with Crippen molar-refractivity contribution in [1.29, 1.82) is 5.26 Å². The van der Waals surface area contributed by atoms with Crippen LogP contribution in [0.15, 0.2) is 54.6 Å². The van der Waals surface area contributed by atoms with E-state index < -0.39 is 18.5 Å². The largest absolute Gasteiger partial charge is 0.452 e. The summed E-state index contributed by atoms with van der Waals surface area (Å²) in [6.45, 7) is 3.24. The third-order valence-electron chi connectivity index (χ3n) is 4.85. The first-order valence-corrected chi connectivity index (χ1v) is 9.39. The molecule has 0 saturated heterocycles. The third-order valence-corrected chi connectivity index (χ3v) is 4.85. The van der Waals surface area contributed by atoms with Gasteiger partial charge in [-0.1, -0.05) is 30.3 Å². The van der Waals surface area contributed by atoms with E-state index in [2.05, 4.69) is 16.7 Å². The standard InChI is InChI=1S/C23H22N4O3/c1-15-16(2)27(17-9-5-4-6-10-17)22(19(15)13-24)26-21(28)14-30-23(29)18-11-7-8-12-20(18)25-3/h4-12,25H,14H2,1-3H3,(H,26,28). The van der Waals surface area contributed by atoms with Crippen LogP contribution in [0.4, 0.5) is 11.5 Å². The van der Waals surface area contributed by atoms with Crippen LogP contribution in [0, 0.1) is 25.2 Å². The molecule has 0 aliphatic rings. The molecule has 2 N–H and O–H groups in total. The van der Waals surface area contributed by atoms with Crippen LogP contribution in [0.25, 0.3) is 5.69 Å². The number of hydrogen-bond acceptors (Lipinski definition) is 5. The Balaban J connectivity index is 1.81. The van der Waals surface area contributed by atoms with E-state index in [1.165, 1.54) is 0 Å². The Bertz CT molecular complexity index is 1130. The zero-order valence-corrected chi connectivity index (χ0v) is 17.0. The molecule has 30 heavy (non-hydrogen) atoms. The zero-order chi connectivity index (χ0) is 21.7. The maximum atomic E-state index is 12.5. The number of amides is 1. The average molecular weight is 402 g/mol. The van der Waals surface area contributed by atoms with Gasteiger partial charge in [-0.15, -0.1) is 0 Å². The maximum Gasteiger partial charge on any atom is 0.340 e. The van der Waals surface area contributed by atoms with Crippen molar-refractivity contribution >= 4 is 23.4 Å². The molecule has 0 aliphatic heterocycles. The Hall–Kier alpha value is -4.05. The van der Waals surface area contributed by atoms with E-state index in [-0.39, 0.29) is 0 Å². The Labute approximate surface area is 174 Å². The van der Waals surface area contributed by atoms with Gasteiger partial charge in [-0.3, -0.25) is 9.36 Å². The van der Waals surface area contributed by atoms with Crippen molar-refractivity contribution in [3.05, 3.63) is 77.0 Å². The molecule has 1 aromatic heterocycles. The first-order chi connectivity index (χ1) is 14.5. The molecule has 0 atom stereocenters. The highest BCUT2D eigenvalue weighted by Gasteiger charge is 2.21. The molecular weight excluding hydrogens is 380 g/mol. The molecule has 3 aromatic rings. The number of para-hydroxylation sites is 2. The van der Waals surface area contributed by atoms with Crippen molar-refractivity contribution in [2.75, 3.05) is 24.3 Å². The van der Waals surface area contributed by atoms with E-state index >= 15 is 0 Å². The quantitative estimate of drug-likeness (QED) is 0.612. The van der Waals surface area contributed by atoms with Crippen LogP contribution in [0.3, 0.4) is 0 Å². The van der Waals surface area contributed by atoms with Crippen molar-refractivity contribution in [3.63, 3.8) is 0 Å². The summed E-state index contributed by atoms with van der Waals surface area (Å²) in [6.07, 6.45) is 0. The average Bonchev–Trinajstić information content (AvgIpc) is 3.01. The molecule has 0 fully saturated rings. The second kappa shape index (κ2) is 8.97. The first-order valence-electron chi connectivity index (χ1n) is 9.39. The number of rotatable bonds is 6. The van der Waals surface area contributed by atoms with Crippen LogP contribution in [0.2, 0.25) is 0 Å². The van der Waals surface area contributed by atoms with E-state index in [9.17, 15) is 14.9 Å². The smallest absolute Gasteiger partial charge is 0.340 e. The third kappa shape index (κ3) is 4.03. The normalized spacial score (nSPS) is 10.2. The Kier molecular flexibility index (Phi) is 6.18. The molecule has 0 spiro atoms. The second-order valence-electron chi connectivity index (χ2n) is 6.64. The fourth-order valence-corrected chi connectivity index (χ4v) is 3.22. The van der Waals surface area contributed by atoms with Crippen molar-refractivity contribution in [2.24, 2.45) is 0 Å².